The van der Waals surface area contributed by atoms with Gasteiger partial charge in [-0.2, -0.15) is 0 Å². The molecule has 0 aliphatic heterocycles. The van der Waals surface area contributed by atoms with Crippen LogP contribution in [0.25, 0.3) is 0 Å². The van der Waals surface area contributed by atoms with Gasteiger partial charge in [-0.25, -0.2) is 4.98 Å². The van der Waals surface area contributed by atoms with Crippen LogP contribution < -0.4 is 14.8 Å². The van der Waals surface area contributed by atoms with E-state index in [9.17, 15) is 0 Å². The van der Waals surface area contributed by atoms with Crippen LogP contribution in [0.2, 0.25) is 5.15 Å². The van der Waals surface area contributed by atoms with E-state index in [4.69, 9.17) is 21.1 Å². The average molecular weight is 465 g/mol. The third-order valence-corrected chi connectivity index (χ3v) is 4.54. The highest BCUT2D eigenvalue weighted by molar-refractivity contribution is 6.29. The van der Waals surface area contributed by atoms with E-state index in [1.165, 1.54) is 5.56 Å². The van der Waals surface area contributed by atoms with Crippen molar-refractivity contribution in [3.63, 3.8) is 0 Å². The van der Waals surface area contributed by atoms with Gasteiger partial charge >= 0.3 is 0 Å². The number of likely N-dealkylation sites (N-methyl/N-ethyl adjacent to an activating group) is 1. The van der Waals surface area contributed by atoms with E-state index in [0.29, 0.717) is 18.4 Å². The predicted molar refractivity (Wildman–Crippen MR) is 125 cm³/mol. The third kappa shape index (κ3) is 9.87. The number of ether oxygens (including phenoxy) is 2. The summed E-state index contributed by atoms with van der Waals surface area (Å²) < 4.78 is 11.7. The Morgan fingerprint density at radius 2 is 1.69 bits per heavy atom. The Bertz CT molecular complexity index is 683. The smallest absolute Gasteiger partial charge is 0.161 e. The van der Waals surface area contributed by atoms with Crippen molar-refractivity contribution in [1.82, 2.24) is 15.2 Å². The molecule has 0 aliphatic carbocycles. The second kappa shape index (κ2) is 15.6. The molecule has 0 spiro atoms. The number of halogens is 3. The van der Waals surface area contributed by atoms with Gasteiger partial charge in [0.2, 0.25) is 0 Å². The Hall–Kier alpha value is -1.24. The zero-order valence-corrected chi connectivity index (χ0v) is 19.7. The molecule has 0 unspecified atom stereocenters. The first kappa shape index (κ1) is 27.8. The topological polar surface area (TPSA) is 46.6 Å². The summed E-state index contributed by atoms with van der Waals surface area (Å²) in [6, 6.07) is 9.75. The molecule has 0 radical (unpaired) electrons. The number of aromatic nitrogens is 1. The van der Waals surface area contributed by atoms with Crippen molar-refractivity contribution in [3.8, 4) is 11.5 Å². The van der Waals surface area contributed by atoms with Crippen molar-refractivity contribution in [3.05, 3.63) is 52.8 Å². The number of hydrogen-bond acceptors (Lipinski definition) is 5. The molecular weight excluding hydrogens is 433 g/mol. The van der Waals surface area contributed by atoms with Crippen LogP contribution in [-0.2, 0) is 13.2 Å². The minimum Gasteiger partial charge on any atom is -0.490 e. The molecule has 0 atom stereocenters. The van der Waals surface area contributed by atoms with Crippen molar-refractivity contribution >= 4 is 36.4 Å². The molecule has 0 aliphatic rings. The zero-order chi connectivity index (χ0) is 19.5. The minimum atomic E-state index is 0. The van der Waals surface area contributed by atoms with E-state index < -0.39 is 0 Å². The highest BCUT2D eigenvalue weighted by Gasteiger charge is 2.08. The Kier molecular flexibility index (Phi) is 14.9. The molecule has 2 aromatic rings. The number of hydrogen-bond donors (Lipinski definition) is 1. The number of nitrogens with one attached hydrogen (secondary N) is 1. The highest BCUT2D eigenvalue weighted by Crippen LogP contribution is 2.29. The van der Waals surface area contributed by atoms with E-state index >= 15 is 0 Å². The van der Waals surface area contributed by atoms with Crippen LogP contribution in [-0.4, -0.2) is 42.7 Å². The van der Waals surface area contributed by atoms with Crippen LogP contribution >= 0.6 is 36.4 Å². The number of benzene rings is 1. The molecule has 0 bridgehead atoms. The van der Waals surface area contributed by atoms with Gasteiger partial charge in [0, 0.05) is 31.4 Å². The average Bonchev–Trinajstić information content (AvgIpc) is 2.69. The third-order valence-electron chi connectivity index (χ3n) is 4.32. The minimum absolute atomic E-state index is 0. The summed E-state index contributed by atoms with van der Waals surface area (Å²) in [7, 11) is 0. The van der Waals surface area contributed by atoms with Crippen molar-refractivity contribution < 1.29 is 9.47 Å². The lowest BCUT2D eigenvalue weighted by Gasteiger charge is -2.18. The lowest BCUT2D eigenvalue weighted by atomic mass is 10.2. The van der Waals surface area contributed by atoms with Gasteiger partial charge in [-0.15, -0.1) is 24.8 Å². The Labute approximate surface area is 192 Å². The molecule has 5 nitrogen and oxygen atoms in total. The molecule has 2 rings (SSSR count). The first-order valence-electron chi connectivity index (χ1n) is 9.58. The van der Waals surface area contributed by atoms with Gasteiger partial charge in [-0.1, -0.05) is 37.6 Å². The SMILES string of the molecule is CCOc1cc(CNCCN(CC)CC)ccc1OCc1ccc(Cl)nc1.Cl.Cl. The molecule has 0 saturated carbocycles. The van der Waals surface area contributed by atoms with E-state index in [0.717, 1.165) is 49.8 Å². The monoisotopic (exact) mass is 463 g/mol. The molecule has 0 amide bonds. The Balaban J connectivity index is 0.00000392. The van der Waals surface area contributed by atoms with Crippen molar-refractivity contribution in [2.24, 2.45) is 0 Å². The standard InChI is InChI=1S/C21H30ClN3O2.2ClH/c1-4-25(5-2)12-11-23-14-17-7-9-19(20(13-17)26-6-3)27-16-18-8-10-21(22)24-15-18;;/h7-10,13,15,23H,4-6,11-12,14,16H2,1-3H3;2*1H. The predicted octanol–water partition coefficient (Wildman–Crippen LogP) is 4.99. The summed E-state index contributed by atoms with van der Waals surface area (Å²) in [6.07, 6.45) is 1.72. The number of pyridine rings is 1. The van der Waals surface area contributed by atoms with E-state index in [-0.39, 0.29) is 24.8 Å². The van der Waals surface area contributed by atoms with Gasteiger partial charge in [-0.05, 0) is 43.8 Å². The van der Waals surface area contributed by atoms with Gasteiger partial charge < -0.3 is 19.7 Å². The quantitative estimate of drug-likeness (QED) is 0.354. The van der Waals surface area contributed by atoms with Crippen LogP contribution in [0.3, 0.4) is 0 Å². The van der Waals surface area contributed by atoms with Crippen LogP contribution in [0.5, 0.6) is 11.5 Å². The van der Waals surface area contributed by atoms with Gasteiger partial charge in [0.15, 0.2) is 11.5 Å². The van der Waals surface area contributed by atoms with Crippen molar-refractivity contribution in [1.29, 1.82) is 0 Å². The molecule has 1 aromatic heterocycles. The van der Waals surface area contributed by atoms with E-state index in [1.54, 1.807) is 12.3 Å². The van der Waals surface area contributed by atoms with Crippen LogP contribution in [0.15, 0.2) is 36.5 Å². The van der Waals surface area contributed by atoms with E-state index in [1.807, 2.05) is 25.1 Å². The van der Waals surface area contributed by atoms with Crippen molar-refractivity contribution in [2.45, 2.75) is 33.9 Å². The first-order valence-corrected chi connectivity index (χ1v) is 9.96. The summed E-state index contributed by atoms with van der Waals surface area (Å²) in [5.41, 5.74) is 2.14. The molecule has 1 heterocycles. The lowest BCUT2D eigenvalue weighted by Crippen LogP contribution is -2.31. The summed E-state index contributed by atoms with van der Waals surface area (Å²) in [6.45, 7) is 12.4. The fourth-order valence-corrected chi connectivity index (χ4v) is 2.82. The molecule has 8 heteroatoms. The zero-order valence-electron chi connectivity index (χ0n) is 17.3. The Morgan fingerprint density at radius 1 is 0.966 bits per heavy atom. The molecule has 0 fully saturated rings. The number of nitrogens with zero attached hydrogens (tertiary/aromatic N) is 2. The summed E-state index contributed by atoms with van der Waals surface area (Å²) in [4.78, 5) is 6.48. The lowest BCUT2D eigenvalue weighted by molar-refractivity contribution is 0.268. The van der Waals surface area contributed by atoms with E-state index in [2.05, 4.69) is 35.1 Å². The maximum atomic E-state index is 5.92. The fraction of sp³-hybridized carbons (Fsp3) is 0.476. The first-order chi connectivity index (χ1) is 13.2. The van der Waals surface area contributed by atoms with Gasteiger partial charge in [0.1, 0.15) is 11.8 Å². The molecule has 164 valence electrons. The molecule has 1 aromatic carbocycles. The molecule has 0 saturated heterocycles. The maximum Gasteiger partial charge on any atom is 0.161 e. The van der Waals surface area contributed by atoms with Gasteiger partial charge in [0.25, 0.3) is 0 Å². The summed E-state index contributed by atoms with van der Waals surface area (Å²) in [5, 5.41) is 3.97. The summed E-state index contributed by atoms with van der Waals surface area (Å²) >= 11 is 5.82. The van der Waals surface area contributed by atoms with Crippen LogP contribution in [0.1, 0.15) is 31.9 Å². The second-order valence-corrected chi connectivity index (χ2v) is 6.58. The number of rotatable bonds is 12. The molecule has 29 heavy (non-hydrogen) atoms. The second-order valence-electron chi connectivity index (χ2n) is 6.20. The molecule has 1 N–H and O–H groups in total. The highest BCUT2D eigenvalue weighted by atomic mass is 35.5. The normalized spacial score (nSPS) is 10.2. The van der Waals surface area contributed by atoms with Crippen molar-refractivity contribution in [2.75, 3.05) is 32.8 Å². The summed E-state index contributed by atoms with van der Waals surface area (Å²) in [5.74, 6) is 1.50. The maximum absolute atomic E-state index is 5.92. The largest absolute Gasteiger partial charge is 0.490 e. The Morgan fingerprint density at radius 3 is 2.31 bits per heavy atom. The van der Waals surface area contributed by atoms with Crippen LogP contribution in [0, 0.1) is 0 Å². The van der Waals surface area contributed by atoms with Crippen LogP contribution in [0.4, 0.5) is 0 Å². The fourth-order valence-electron chi connectivity index (χ4n) is 2.71. The molecular formula is C21H32Cl3N3O2. The van der Waals surface area contributed by atoms with Gasteiger partial charge in [-0.3, -0.25) is 0 Å². The van der Waals surface area contributed by atoms with Gasteiger partial charge in [0.05, 0.1) is 6.61 Å².